The summed E-state index contributed by atoms with van der Waals surface area (Å²) in [4.78, 5) is 0. The SMILES string of the molecule is CC.CC(F)(F)C(F)(F)C(F)(F)C(F)(F)C(F)(F)C(F)(F)C(F)(F)C(F)(F)C(F)(F)C(F)(F)C(F)(F)C(F)(F)C(F)(F)C(F)(F)C(F)(F)C(F)(F)C(F)(F)C(F)(F)C(F)(F)C(F)(F)C(F)(F)C(F)(F)C(F)(F)C(F)(F)F. The Morgan fingerprint density at radius 1 is 0.118 bits per heavy atom. The Bertz CT molecular complexity index is 1890. The molecule has 0 radical (unpaired) electrons. The first-order chi connectivity index (χ1) is 31.8. The van der Waals surface area contributed by atoms with Gasteiger partial charge in [-0.05, 0) is 0 Å². The van der Waals surface area contributed by atoms with Crippen molar-refractivity contribution in [2.24, 2.45) is 0 Å². The molecule has 0 bridgehead atoms. The van der Waals surface area contributed by atoms with Crippen molar-refractivity contribution in [3.05, 3.63) is 0 Å². The van der Waals surface area contributed by atoms with E-state index in [0.717, 1.165) is 0 Å². The van der Waals surface area contributed by atoms with Crippen molar-refractivity contribution in [2.45, 2.75) is 163 Å². The minimum Gasteiger partial charge on any atom is -0.200 e. The Kier molecular flexibility index (Phi) is 17.7. The molecule has 0 atom stereocenters. The van der Waals surface area contributed by atoms with Crippen LogP contribution in [0.2, 0.25) is 0 Å². The van der Waals surface area contributed by atoms with Crippen molar-refractivity contribution in [3.63, 3.8) is 0 Å². The van der Waals surface area contributed by atoms with Gasteiger partial charge in [-0.2, -0.15) is 215 Å². The molecule has 0 aliphatic heterocycles. The molecule has 0 amide bonds. The molecule has 49 heteroatoms. The summed E-state index contributed by atoms with van der Waals surface area (Å²) >= 11 is 0. The zero-order chi connectivity index (χ0) is 64.0. The topological polar surface area (TPSA) is 0 Å². The number of hydrogen-bond donors (Lipinski definition) is 0. The number of hydrogen-bond acceptors (Lipinski definition) is 0. The first-order valence-corrected chi connectivity index (χ1v) is 16.5. The summed E-state index contributed by atoms with van der Waals surface area (Å²) < 4.78 is 669. The highest BCUT2D eigenvalue weighted by atomic mass is 19.4. The monoisotopic (exact) mass is 1260 g/mol. The molecule has 0 aromatic carbocycles. The summed E-state index contributed by atoms with van der Waals surface area (Å²) in [5.74, 6) is -234. The number of rotatable bonds is 22. The van der Waals surface area contributed by atoms with Gasteiger partial charge in [0.2, 0.25) is 0 Å². The lowest BCUT2D eigenvalue weighted by molar-refractivity contribution is -0.498. The predicted octanol–water partition coefficient (Wildman–Crippen LogP) is 17.2. The van der Waals surface area contributed by atoms with E-state index in [-0.39, 0.29) is 0 Å². The molecule has 76 heavy (non-hydrogen) atoms. The van der Waals surface area contributed by atoms with Gasteiger partial charge < -0.3 is 0 Å². The average molecular weight is 1260 g/mol. The molecule has 0 rings (SSSR count). The molecule has 0 aromatic rings. The first-order valence-electron chi connectivity index (χ1n) is 16.5. The smallest absolute Gasteiger partial charge is 0.200 e. The summed E-state index contributed by atoms with van der Waals surface area (Å²) in [6, 6.07) is 0. The number of halogens is 49. The van der Waals surface area contributed by atoms with Crippen molar-refractivity contribution in [1.29, 1.82) is 0 Å². The van der Waals surface area contributed by atoms with Crippen LogP contribution in [0.25, 0.3) is 0 Å². The normalized spacial score (nSPS) is 17.2. The first kappa shape index (κ1) is 74.6. The highest BCUT2D eigenvalue weighted by Crippen LogP contribution is 2.72. The average Bonchev–Trinajstić information content (AvgIpc) is 3.18. The van der Waals surface area contributed by atoms with Gasteiger partial charge in [-0.3, -0.25) is 0 Å². The fourth-order valence-electron chi connectivity index (χ4n) is 4.40. The Morgan fingerprint density at radius 2 is 0.184 bits per heavy atom. The van der Waals surface area contributed by atoms with Crippen molar-refractivity contribution in [1.82, 2.24) is 0 Å². The maximum atomic E-state index is 14.1. The third kappa shape index (κ3) is 8.24. The van der Waals surface area contributed by atoms with Crippen LogP contribution in [0.1, 0.15) is 20.8 Å². The zero-order valence-corrected chi connectivity index (χ0v) is 33.5. The molecule has 460 valence electrons. The summed E-state index contributed by atoms with van der Waals surface area (Å²) in [5.41, 5.74) is 0. The van der Waals surface area contributed by atoms with E-state index in [2.05, 4.69) is 0 Å². The van der Waals surface area contributed by atoms with Crippen LogP contribution in [0.15, 0.2) is 0 Å². The third-order valence-electron chi connectivity index (χ3n) is 9.19. The molecular formula is C27H9F49. The molecule has 0 heterocycles. The minimum atomic E-state index is -10.9. The van der Waals surface area contributed by atoms with Gasteiger partial charge in [-0.25, -0.2) is 0 Å². The molecule has 0 saturated carbocycles. The van der Waals surface area contributed by atoms with Crippen LogP contribution in [-0.2, 0) is 0 Å². The van der Waals surface area contributed by atoms with Crippen LogP contribution < -0.4 is 0 Å². The number of alkyl halides is 49. The van der Waals surface area contributed by atoms with Gasteiger partial charge in [0.05, 0.1) is 0 Å². The Hall–Kier alpha value is -3.43. The van der Waals surface area contributed by atoms with Crippen molar-refractivity contribution in [3.8, 4) is 0 Å². The highest BCUT2D eigenvalue weighted by molar-refractivity contribution is 5.24. The molecule has 0 nitrogen and oxygen atoms in total. The second-order valence-corrected chi connectivity index (χ2v) is 14.0. The molecule has 0 aromatic heterocycles. The lowest BCUT2D eigenvalue weighted by Crippen LogP contribution is -2.81. The molecule has 0 N–H and O–H groups in total. The molecule has 0 aliphatic rings. The van der Waals surface area contributed by atoms with Crippen molar-refractivity contribution >= 4 is 0 Å². The van der Waals surface area contributed by atoms with Gasteiger partial charge in [0.25, 0.3) is 0 Å². The lowest BCUT2D eigenvalue weighted by atomic mass is 9.81. The summed E-state index contributed by atoms with van der Waals surface area (Å²) in [6.07, 6.45) is -8.62. The maximum Gasteiger partial charge on any atom is 0.460 e. The van der Waals surface area contributed by atoms with Gasteiger partial charge >= 0.3 is 142 Å². The van der Waals surface area contributed by atoms with Gasteiger partial charge in [-0.1, -0.05) is 13.8 Å². The van der Waals surface area contributed by atoms with E-state index in [1.165, 1.54) is 0 Å². The fourth-order valence-corrected chi connectivity index (χ4v) is 4.40. The highest BCUT2D eigenvalue weighted by Gasteiger charge is 3.04. The fraction of sp³-hybridized carbons (Fsp3) is 1.00. The largest absolute Gasteiger partial charge is 0.460 e. The predicted molar refractivity (Wildman–Crippen MR) is 137 cm³/mol. The second kappa shape index (κ2) is 18.0. The van der Waals surface area contributed by atoms with Crippen LogP contribution in [0.4, 0.5) is 215 Å². The molecular weight excluding hydrogens is 1260 g/mol. The summed E-state index contributed by atoms with van der Waals surface area (Å²) in [5, 5.41) is 0. The van der Waals surface area contributed by atoms with Crippen LogP contribution in [0, 0.1) is 0 Å². The quantitative estimate of drug-likeness (QED) is 0.0948. The lowest BCUT2D eigenvalue weighted by Gasteiger charge is -2.48. The van der Waals surface area contributed by atoms with Crippen LogP contribution in [-0.4, -0.2) is 142 Å². The molecule has 0 saturated heterocycles. The van der Waals surface area contributed by atoms with Crippen LogP contribution in [0.5, 0.6) is 0 Å². The molecule has 0 fully saturated rings. The van der Waals surface area contributed by atoms with Crippen LogP contribution in [0.3, 0.4) is 0 Å². The van der Waals surface area contributed by atoms with E-state index in [4.69, 9.17) is 0 Å². The Balaban J connectivity index is 0. The molecule has 0 spiro atoms. The zero-order valence-electron chi connectivity index (χ0n) is 33.5. The Morgan fingerprint density at radius 3 is 0.250 bits per heavy atom. The van der Waals surface area contributed by atoms with Crippen molar-refractivity contribution < 1.29 is 215 Å². The van der Waals surface area contributed by atoms with E-state index in [0.29, 0.717) is 0 Å². The van der Waals surface area contributed by atoms with Gasteiger partial charge in [0.1, 0.15) is 0 Å². The molecule has 0 unspecified atom stereocenters. The van der Waals surface area contributed by atoms with E-state index >= 15 is 0 Å². The molecule has 0 aliphatic carbocycles. The Labute approximate surface area is 379 Å². The van der Waals surface area contributed by atoms with Gasteiger partial charge in [0, 0.05) is 6.92 Å². The van der Waals surface area contributed by atoms with E-state index in [1.807, 2.05) is 13.8 Å². The third-order valence-corrected chi connectivity index (χ3v) is 9.19. The minimum absolute atomic E-state index is 1.84. The standard InChI is InChI=1S/C25H3F49.C2H6/c1-2(26,27)3(28,29)4(30,31)5(32,33)6(34,35)7(36,37)8(38,39)9(40,41)10(42,43)11(44,45)12(46,47)13(48,49)14(50,51)15(52,53)16(54,55)17(56,57)18(58,59)19(60,61)20(62,63)21(64,65)22(66,67)23(68,69)24(70,71)25(72,73)74;1-2/h1H3;1-2H3. The van der Waals surface area contributed by atoms with E-state index in [1.54, 1.807) is 0 Å². The summed E-state index contributed by atoms with van der Waals surface area (Å²) in [6.45, 7) is 2.16. The van der Waals surface area contributed by atoms with E-state index < -0.39 is 149 Å². The van der Waals surface area contributed by atoms with Crippen molar-refractivity contribution in [2.75, 3.05) is 0 Å². The van der Waals surface area contributed by atoms with Gasteiger partial charge in [-0.15, -0.1) is 0 Å². The summed E-state index contributed by atoms with van der Waals surface area (Å²) in [7, 11) is 0. The van der Waals surface area contributed by atoms with Gasteiger partial charge in [0.15, 0.2) is 0 Å². The van der Waals surface area contributed by atoms with E-state index in [9.17, 15) is 215 Å². The maximum absolute atomic E-state index is 14.1. The second-order valence-electron chi connectivity index (χ2n) is 14.0. The van der Waals surface area contributed by atoms with Crippen LogP contribution >= 0.6 is 0 Å².